The molecule has 0 spiro atoms. The lowest BCUT2D eigenvalue weighted by Gasteiger charge is -2.10. The van der Waals surface area contributed by atoms with Crippen LogP contribution in [-0.4, -0.2) is 25.2 Å². The molecule has 1 heterocycles. The maximum Gasteiger partial charge on any atom is 0.122 e. The maximum absolute atomic E-state index is 6.02. The molecule has 3 rings (SSSR count). The molecule has 0 saturated heterocycles. The third kappa shape index (κ3) is 2.61. The van der Waals surface area contributed by atoms with E-state index in [0.29, 0.717) is 0 Å². The Balaban J connectivity index is 1.48. The standard InChI is InChI=1S/C14H20N2O/c15-14(5-6-14)10-16-7-3-11-1-2-13-12(9-11)4-8-17-13/h1-2,9,16H,3-8,10,15H2. The molecular weight excluding hydrogens is 212 g/mol. The Morgan fingerprint density at radius 2 is 2.24 bits per heavy atom. The molecule has 2 aliphatic rings. The molecule has 0 unspecified atom stereocenters. The lowest BCUT2D eigenvalue weighted by atomic mass is 10.1. The number of benzene rings is 1. The van der Waals surface area contributed by atoms with E-state index in [4.69, 9.17) is 10.5 Å². The van der Waals surface area contributed by atoms with Gasteiger partial charge in [0.15, 0.2) is 0 Å². The van der Waals surface area contributed by atoms with E-state index in [9.17, 15) is 0 Å². The zero-order valence-corrected chi connectivity index (χ0v) is 10.2. The average molecular weight is 232 g/mol. The summed E-state index contributed by atoms with van der Waals surface area (Å²) in [6, 6.07) is 6.55. The summed E-state index contributed by atoms with van der Waals surface area (Å²) in [5, 5.41) is 3.45. The monoisotopic (exact) mass is 232 g/mol. The van der Waals surface area contributed by atoms with Crippen LogP contribution in [-0.2, 0) is 12.8 Å². The molecular formula is C14H20N2O. The minimum Gasteiger partial charge on any atom is -0.493 e. The van der Waals surface area contributed by atoms with E-state index in [2.05, 4.69) is 23.5 Å². The second kappa shape index (κ2) is 4.31. The molecule has 92 valence electrons. The summed E-state index contributed by atoms with van der Waals surface area (Å²) in [6.45, 7) is 2.81. The number of nitrogens with one attached hydrogen (secondary N) is 1. The third-order valence-corrected chi connectivity index (χ3v) is 3.71. The van der Waals surface area contributed by atoms with Gasteiger partial charge >= 0.3 is 0 Å². The summed E-state index contributed by atoms with van der Waals surface area (Å²) in [7, 11) is 0. The van der Waals surface area contributed by atoms with Crippen molar-refractivity contribution in [1.29, 1.82) is 0 Å². The second-order valence-electron chi connectivity index (χ2n) is 5.33. The molecule has 1 aromatic carbocycles. The molecule has 1 aliphatic carbocycles. The van der Waals surface area contributed by atoms with E-state index in [-0.39, 0.29) is 5.54 Å². The van der Waals surface area contributed by atoms with Crippen molar-refractivity contribution in [3.63, 3.8) is 0 Å². The first-order chi connectivity index (χ1) is 8.25. The molecule has 3 nitrogen and oxygen atoms in total. The molecule has 1 saturated carbocycles. The van der Waals surface area contributed by atoms with Crippen molar-refractivity contribution < 1.29 is 4.74 Å². The van der Waals surface area contributed by atoms with E-state index in [1.807, 2.05) is 0 Å². The van der Waals surface area contributed by atoms with Gasteiger partial charge in [-0.1, -0.05) is 12.1 Å². The highest BCUT2D eigenvalue weighted by molar-refractivity contribution is 5.39. The first kappa shape index (κ1) is 11.1. The topological polar surface area (TPSA) is 47.3 Å². The molecule has 3 heteroatoms. The Hall–Kier alpha value is -1.06. The Morgan fingerprint density at radius 1 is 1.35 bits per heavy atom. The highest BCUT2D eigenvalue weighted by atomic mass is 16.5. The summed E-state index contributed by atoms with van der Waals surface area (Å²) in [6.07, 6.45) is 4.48. The Morgan fingerprint density at radius 3 is 3.06 bits per heavy atom. The van der Waals surface area contributed by atoms with Crippen molar-refractivity contribution >= 4 is 0 Å². The molecule has 0 bridgehead atoms. The predicted molar refractivity (Wildman–Crippen MR) is 68.4 cm³/mol. The van der Waals surface area contributed by atoms with Gasteiger partial charge < -0.3 is 15.8 Å². The van der Waals surface area contributed by atoms with Crippen LogP contribution in [0.4, 0.5) is 0 Å². The fourth-order valence-electron chi connectivity index (χ4n) is 2.30. The van der Waals surface area contributed by atoms with Crippen LogP contribution >= 0.6 is 0 Å². The summed E-state index contributed by atoms with van der Waals surface area (Å²) < 4.78 is 5.50. The Bertz CT molecular complexity index is 413. The van der Waals surface area contributed by atoms with Crippen LogP contribution in [0.1, 0.15) is 24.0 Å². The zero-order chi connectivity index (χ0) is 11.7. The van der Waals surface area contributed by atoms with Crippen LogP contribution < -0.4 is 15.8 Å². The van der Waals surface area contributed by atoms with Crippen LogP contribution in [0.3, 0.4) is 0 Å². The Kier molecular flexibility index (Phi) is 2.81. The molecule has 1 fully saturated rings. The van der Waals surface area contributed by atoms with Crippen molar-refractivity contribution in [3.8, 4) is 5.75 Å². The van der Waals surface area contributed by atoms with Crippen LogP contribution in [0.15, 0.2) is 18.2 Å². The van der Waals surface area contributed by atoms with E-state index in [0.717, 1.165) is 38.3 Å². The number of ether oxygens (including phenoxy) is 1. The summed E-state index contributed by atoms with van der Waals surface area (Å²) in [5.74, 6) is 1.07. The first-order valence-corrected chi connectivity index (χ1v) is 6.49. The molecule has 0 radical (unpaired) electrons. The van der Waals surface area contributed by atoms with E-state index in [1.54, 1.807) is 0 Å². The minimum absolute atomic E-state index is 0.117. The van der Waals surface area contributed by atoms with Gasteiger partial charge in [-0.25, -0.2) is 0 Å². The maximum atomic E-state index is 6.02. The minimum atomic E-state index is 0.117. The van der Waals surface area contributed by atoms with Crippen LogP contribution in [0.2, 0.25) is 0 Å². The van der Waals surface area contributed by atoms with Gasteiger partial charge in [-0.15, -0.1) is 0 Å². The van der Waals surface area contributed by atoms with Gasteiger partial charge in [0, 0.05) is 18.5 Å². The molecule has 1 aliphatic heterocycles. The van der Waals surface area contributed by atoms with Crippen LogP contribution in [0.5, 0.6) is 5.75 Å². The molecule has 1 aromatic rings. The van der Waals surface area contributed by atoms with Crippen LogP contribution in [0, 0.1) is 0 Å². The lowest BCUT2D eigenvalue weighted by molar-refractivity contribution is 0.357. The van der Waals surface area contributed by atoms with Gasteiger partial charge in [0.1, 0.15) is 5.75 Å². The van der Waals surface area contributed by atoms with Gasteiger partial charge in [0.05, 0.1) is 6.61 Å². The fraction of sp³-hybridized carbons (Fsp3) is 0.571. The normalized spacial score (nSPS) is 19.8. The van der Waals surface area contributed by atoms with Crippen molar-refractivity contribution in [2.45, 2.75) is 31.2 Å². The van der Waals surface area contributed by atoms with Crippen LogP contribution in [0.25, 0.3) is 0 Å². The van der Waals surface area contributed by atoms with Gasteiger partial charge in [0.2, 0.25) is 0 Å². The molecule has 0 aromatic heterocycles. The third-order valence-electron chi connectivity index (χ3n) is 3.71. The van der Waals surface area contributed by atoms with Gasteiger partial charge in [-0.2, -0.15) is 0 Å². The number of fused-ring (bicyclic) bond motifs is 1. The molecule has 3 N–H and O–H groups in total. The zero-order valence-electron chi connectivity index (χ0n) is 10.2. The lowest BCUT2D eigenvalue weighted by Crippen LogP contribution is -2.36. The highest BCUT2D eigenvalue weighted by Crippen LogP contribution is 2.31. The van der Waals surface area contributed by atoms with Crippen molar-refractivity contribution in [2.75, 3.05) is 19.7 Å². The quantitative estimate of drug-likeness (QED) is 0.751. The van der Waals surface area contributed by atoms with Crippen molar-refractivity contribution in [2.24, 2.45) is 5.73 Å². The summed E-state index contributed by atoms with van der Waals surface area (Å²) in [5.41, 5.74) is 8.89. The molecule has 0 atom stereocenters. The average Bonchev–Trinajstić information content (AvgIpc) is 2.90. The predicted octanol–water partition coefficient (Wildman–Crippen LogP) is 1.24. The van der Waals surface area contributed by atoms with Gasteiger partial charge in [-0.05, 0) is 43.0 Å². The summed E-state index contributed by atoms with van der Waals surface area (Å²) in [4.78, 5) is 0. The SMILES string of the molecule is NC1(CNCCc2ccc3c(c2)CCO3)CC1. The largest absolute Gasteiger partial charge is 0.493 e. The number of nitrogens with two attached hydrogens (primary N) is 1. The molecule has 17 heavy (non-hydrogen) atoms. The van der Waals surface area contributed by atoms with Crippen molar-refractivity contribution in [3.05, 3.63) is 29.3 Å². The van der Waals surface area contributed by atoms with E-state index < -0.39 is 0 Å². The van der Waals surface area contributed by atoms with Gasteiger partial charge in [0.25, 0.3) is 0 Å². The smallest absolute Gasteiger partial charge is 0.122 e. The van der Waals surface area contributed by atoms with Crippen molar-refractivity contribution in [1.82, 2.24) is 5.32 Å². The van der Waals surface area contributed by atoms with Gasteiger partial charge in [-0.3, -0.25) is 0 Å². The number of hydrogen-bond acceptors (Lipinski definition) is 3. The number of hydrogen-bond donors (Lipinski definition) is 2. The summed E-state index contributed by atoms with van der Waals surface area (Å²) >= 11 is 0. The number of rotatable bonds is 5. The van der Waals surface area contributed by atoms with E-state index >= 15 is 0 Å². The second-order valence-corrected chi connectivity index (χ2v) is 5.33. The fourth-order valence-corrected chi connectivity index (χ4v) is 2.30. The van der Waals surface area contributed by atoms with E-state index in [1.165, 1.54) is 24.0 Å². The highest BCUT2D eigenvalue weighted by Gasteiger charge is 2.37. The molecule has 0 amide bonds. The Labute approximate surface area is 102 Å². The first-order valence-electron chi connectivity index (χ1n) is 6.49.